The van der Waals surface area contributed by atoms with Crippen LogP contribution in [0.3, 0.4) is 0 Å². The number of hydrogen-bond donors (Lipinski definition) is 1. The van der Waals surface area contributed by atoms with Gasteiger partial charge in [0.25, 0.3) is 0 Å². The van der Waals surface area contributed by atoms with E-state index in [4.69, 9.17) is 0 Å². The summed E-state index contributed by atoms with van der Waals surface area (Å²) in [6.07, 6.45) is 5.22. The zero-order valence-electron chi connectivity index (χ0n) is 10.5. The third-order valence-corrected chi connectivity index (χ3v) is 3.76. The number of nitrogens with one attached hydrogen (secondary N) is 1. The minimum absolute atomic E-state index is 0.0518. The van der Waals surface area contributed by atoms with Gasteiger partial charge in [0.05, 0.1) is 6.04 Å². The molecule has 0 aromatic carbocycles. The molecule has 15 heavy (non-hydrogen) atoms. The van der Waals surface area contributed by atoms with Crippen molar-refractivity contribution in [2.24, 2.45) is 5.41 Å². The molecule has 1 rings (SSSR count). The number of nitrogens with zero attached hydrogens (tertiary/aromatic N) is 1. The largest absolute Gasteiger partial charge is 0.347 e. The molecule has 3 heteroatoms. The fourth-order valence-corrected chi connectivity index (χ4v) is 2.18. The first-order chi connectivity index (χ1) is 7.01. The van der Waals surface area contributed by atoms with Crippen LogP contribution in [0.4, 0.5) is 0 Å². The number of amides is 1. The van der Waals surface area contributed by atoms with E-state index in [2.05, 4.69) is 12.2 Å². The first-order valence-electron chi connectivity index (χ1n) is 5.95. The van der Waals surface area contributed by atoms with Crippen molar-refractivity contribution in [2.45, 2.75) is 45.6 Å². The van der Waals surface area contributed by atoms with Crippen molar-refractivity contribution in [3.05, 3.63) is 0 Å². The Bertz CT molecular complexity index is 216. The SMILES string of the molecule is CCC1(CNC(C)C(=O)N(C)C)CCC1. The summed E-state index contributed by atoms with van der Waals surface area (Å²) < 4.78 is 0. The highest BCUT2D eigenvalue weighted by Crippen LogP contribution is 2.43. The quantitative estimate of drug-likeness (QED) is 0.751. The van der Waals surface area contributed by atoms with Crippen molar-refractivity contribution in [1.29, 1.82) is 0 Å². The fourth-order valence-electron chi connectivity index (χ4n) is 2.18. The Hall–Kier alpha value is -0.570. The summed E-state index contributed by atoms with van der Waals surface area (Å²) in [6, 6.07) is -0.0518. The monoisotopic (exact) mass is 212 g/mol. The van der Waals surface area contributed by atoms with Crippen molar-refractivity contribution in [3.8, 4) is 0 Å². The minimum Gasteiger partial charge on any atom is -0.347 e. The Kier molecular flexibility index (Phi) is 4.14. The minimum atomic E-state index is -0.0518. The second-order valence-corrected chi connectivity index (χ2v) is 5.04. The molecule has 0 heterocycles. The normalized spacial score (nSPS) is 20.5. The maximum absolute atomic E-state index is 11.6. The molecule has 1 fully saturated rings. The predicted octanol–water partition coefficient (Wildman–Crippen LogP) is 1.63. The highest BCUT2D eigenvalue weighted by atomic mass is 16.2. The molecule has 1 amide bonds. The number of rotatable bonds is 5. The van der Waals surface area contributed by atoms with Gasteiger partial charge in [-0.15, -0.1) is 0 Å². The molecule has 0 aromatic heterocycles. The van der Waals surface area contributed by atoms with E-state index in [-0.39, 0.29) is 11.9 Å². The highest BCUT2D eigenvalue weighted by molar-refractivity contribution is 5.80. The van der Waals surface area contributed by atoms with Crippen LogP contribution in [0.5, 0.6) is 0 Å². The molecular weight excluding hydrogens is 188 g/mol. The second kappa shape index (κ2) is 4.97. The topological polar surface area (TPSA) is 32.3 Å². The molecule has 0 aromatic rings. The van der Waals surface area contributed by atoms with E-state index in [0.717, 1.165) is 6.54 Å². The first-order valence-corrected chi connectivity index (χ1v) is 5.95. The molecule has 1 aliphatic rings. The zero-order valence-corrected chi connectivity index (χ0v) is 10.5. The van der Waals surface area contributed by atoms with Gasteiger partial charge in [-0.1, -0.05) is 13.3 Å². The van der Waals surface area contributed by atoms with Crippen molar-refractivity contribution in [1.82, 2.24) is 10.2 Å². The van der Waals surface area contributed by atoms with Crippen molar-refractivity contribution in [3.63, 3.8) is 0 Å². The molecule has 1 unspecified atom stereocenters. The van der Waals surface area contributed by atoms with Crippen LogP contribution in [-0.4, -0.2) is 37.5 Å². The van der Waals surface area contributed by atoms with Gasteiger partial charge in [0.2, 0.25) is 5.91 Å². The summed E-state index contributed by atoms with van der Waals surface area (Å²) >= 11 is 0. The summed E-state index contributed by atoms with van der Waals surface area (Å²) in [7, 11) is 3.61. The summed E-state index contributed by atoms with van der Waals surface area (Å²) in [6.45, 7) is 5.19. The van der Waals surface area contributed by atoms with Gasteiger partial charge < -0.3 is 10.2 Å². The van der Waals surface area contributed by atoms with Crippen molar-refractivity contribution < 1.29 is 4.79 Å². The molecule has 0 bridgehead atoms. The van der Waals surface area contributed by atoms with Gasteiger partial charge in [-0.3, -0.25) is 4.79 Å². The Morgan fingerprint density at radius 2 is 2.07 bits per heavy atom. The molecule has 0 spiro atoms. The first kappa shape index (κ1) is 12.5. The average Bonchev–Trinajstić information content (AvgIpc) is 2.15. The summed E-state index contributed by atoms with van der Waals surface area (Å²) in [5, 5.41) is 3.37. The Morgan fingerprint density at radius 1 is 1.47 bits per heavy atom. The van der Waals surface area contributed by atoms with E-state index in [1.807, 2.05) is 6.92 Å². The van der Waals surface area contributed by atoms with Gasteiger partial charge in [0.15, 0.2) is 0 Å². The predicted molar refractivity (Wildman–Crippen MR) is 62.7 cm³/mol. The van der Waals surface area contributed by atoms with Gasteiger partial charge in [-0.2, -0.15) is 0 Å². The van der Waals surface area contributed by atoms with E-state index in [1.54, 1.807) is 19.0 Å². The smallest absolute Gasteiger partial charge is 0.238 e. The van der Waals surface area contributed by atoms with E-state index in [1.165, 1.54) is 25.7 Å². The second-order valence-electron chi connectivity index (χ2n) is 5.04. The average molecular weight is 212 g/mol. The van der Waals surface area contributed by atoms with Crippen molar-refractivity contribution in [2.75, 3.05) is 20.6 Å². The Labute approximate surface area is 93.2 Å². The molecule has 1 N–H and O–H groups in total. The number of hydrogen-bond acceptors (Lipinski definition) is 2. The van der Waals surface area contributed by atoms with E-state index < -0.39 is 0 Å². The summed E-state index contributed by atoms with van der Waals surface area (Å²) in [5.41, 5.74) is 0.487. The number of carbonyl (C=O) groups excluding carboxylic acids is 1. The standard InChI is InChI=1S/C12H24N2O/c1-5-12(7-6-8-12)9-13-10(2)11(15)14(3)4/h10,13H,5-9H2,1-4H3. The molecule has 0 radical (unpaired) electrons. The lowest BCUT2D eigenvalue weighted by Crippen LogP contribution is -2.47. The van der Waals surface area contributed by atoms with E-state index >= 15 is 0 Å². The molecule has 1 saturated carbocycles. The molecule has 1 atom stereocenters. The molecular formula is C12H24N2O. The zero-order chi connectivity index (χ0) is 11.5. The fraction of sp³-hybridized carbons (Fsp3) is 0.917. The van der Waals surface area contributed by atoms with Gasteiger partial charge in [0.1, 0.15) is 0 Å². The van der Waals surface area contributed by atoms with Crippen LogP contribution in [0.25, 0.3) is 0 Å². The van der Waals surface area contributed by atoms with Crippen molar-refractivity contribution >= 4 is 5.91 Å². The van der Waals surface area contributed by atoms with Crippen LogP contribution in [0.1, 0.15) is 39.5 Å². The van der Waals surface area contributed by atoms with Crippen LogP contribution in [0, 0.1) is 5.41 Å². The highest BCUT2D eigenvalue weighted by Gasteiger charge is 2.35. The van der Waals surface area contributed by atoms with E-state index in [0.29, 0.717) is 5.41 Å². The van der Waals surface area contributed by atoms with Crippen LogP contribution in [0.2, 0.25) is 0 Å². The third-order valence-electron chi connectivity index (χ3n) is 3.76. The third kappa shape index (κ3) is 2.94. The summed E-state index contributed by atoms with van der Waals surface area (Å²) in [4.78, 5) is 13.3. The molecule has 1 aliphatic carbocycles. The maximum atomic E-state index is 11.6. The molecule has 0 aliphatic heterocycles. The van der Waals surface area contributed by atoms with Crippen LogP contribution >= 0.6 is 0 Å². The van der Waals surface area contributed by atoms with Gasteiger partial charge in [-0.25, -0.2) is 0 Å². The van der Waals surface area contributed by atoms with Gasteiger partial charge in [0, 0.05) is 20.6 Å². The Morgan fingerprint density at radius 3 is 2.40 bits per heavy atom. The molecule has 88 valence electrons. The maximum Gasteiger partial charge on any atom is 0.238 e. The number of carbonyl (C=O) groups is 1. The Balaban J connectivity index is 2.33. The number of likely N-dealkylation sites (N-methyl/N-ethyl adjacent to an activating group) is 1. The summed E-state index contributed by atoms with van der Waals surface area (Å²) in [5.74, 6) is 0.167. The lowest BCUT2D eigenvalue weighted by Gasteiger charge is -2.42. The lowest BCUT2D eigenvalue weighted by molar-refractivity contribution is -0.130. The van der Waals surface area contributed by atoms with Crippen LogP contribution < -0.4 is 5.32 Å². The molecule has 3 nitrogen and oxygen atoms in total. The van der Waals surface area contributed by atoms with E-state index in [9.17, 15) is 4.79 Å². The molecule has 0 saturated heterocycles. The van der Waals surface area contributed by atoms with Crippen LogP contribution in [-0.2, 0) is 4.79 Å². The van der Waals surface area contributed by atoms with Gasteiger partial charge in [-0.05, 0) is 31.6 Å². The van der Waals surface area contributed by atoms with Crippen LogP contribution in [0.15, 0.2) is 0 Å². The lowest BCUT2D eigenvalue weighted by atomic mass is 9.67. The van der Waals surface area contributed by atoms with Gasteiger partial charge >= 0.3 is 0 Å².